The van der Waals surface area contributed by atoms with Crippen LogP contribution in [0.15, 0.2) is 4.79 Å². The van der Waals surface area contributed by atoms with Gasteiger partial charge in [-0.05, 0) is 39.2 Å². The molecule has 1 N–H and O–H groups in total. The molecule has 3 rings (SSSR count). The molecular weight excluding hydrogens is 356 g/mol. The molecule has 0 bridgehead atoms. The number of esters is 1. The molecule has 7 heteroatoms. The van der Waals surface area contributed by atoms with Crippen molar-refractivity contribution in [3.8, 4) is 0 Å². The maximum Gasteiger partial charge on any atom is 0.348 e. The normalized spacial score (nSPS) is 16.9. The van der Waals surface area contributed by atoms with E-state index >= 15 is 0 Å². The minimum Gasteiger partial charge on any atom is -0.462 e. The van der Waals surface area contributed by atoms with Crippen molar-refractivity contribution in [2.45, 2.75) is 63.4 Å². The average Bonchev–Trinajstić information content (AvgIpc) is 2.93. The summed E-state index contributed by atoms with van der Waals surface area (Å²) in [6.45, 7) is 5.96. The fraction of sp³-hybridized carbons (Fsp3) is 0.611. The topological polar surface area (TPSA) is 72.0 Å². The van der Waals surface area contributed by atoms with Gasteiger partial charge in [0.2, 0.25) is 0 Å². The van der Waals surface area contributed by atoms with Crippen molar-refractivity contribution < 1.29 is 9.53 Å². The van der Waals surface area contributed by atoms with Crippen LogP contribution in [0.1, 0.15) is 72.3 Å². The second kappa shape index (κ2) is 7.91. The maximum atomic E-state index is 12.6. The van der Waals surface area contributed by atoms with Crippen LogP contribution in [-0.2, 0) is 4.74 Å². The number of ether oxygens (including phenoxy) is 1. The second-order valence-corrected chi connectivity index (χ2v) is 9.09. The number of carbonyl (C=O) groups excluding carboxylic acids is 1. The van der Waals surface area contributed by atoms with E-state index in [-0.39, 0.29) is 16.8 Å². The van der Waals surface area contributed by atoms with Crippen LogP contribution < -0.4 is 5.56 Å². The van der Waals surface area contributed by atoms with E-state index in [0.29, 0.717) is 38.3 Å². The lowest BCUT2D eigenvalue weighted by Gasteiger charge is -2.23. The number of thiophene rings is 1. The third-order valence-electron chi connectivity index (χ3n) is 4.61. The summed E-state index contributed by atoms with van der Waals surface area (Å²) in [6, 6.07) is 0. The number of nitrogens with one attached hydrogen (secondary N) is 1. The van der Waals surface area contributed by atoms with Crippen LogP contribution in [0, 0.1) is 6.92 Å². The molecular formula is C18H24N2O3S2. The largest absolute Gasteiger partial charge is 0.462 e. The Bertz CT molecular complexity index is 822. The first-order chi connectivity index (χ1) is 12.0. The van der Waals surface area contributed by atoms with Gasteiger partial charge in [-0.25, -0.2) is 9.78 Å². The molecule has 1 atom stereocenters. The lowest BCUT2D eigenvalue weighted by atomic mass is 10.0. The highest BCUT2D eigenvalue weighted by Crippen LogP contribution is 2.37. The molecule has 1 fully saturated rings. The van der Waals surface area contributed by atoms with Crippen molar-refractivity contribution >= 4 is 39.3 Å². The zero-order valence-corrected chi connectivity index (χ0v) is 16.5. The Labute approximate surface area is 155 Å². The Balaban J connectivity index is 1.90. The molecule has 25 heavy (non-hydrogen) atoms. The summed E-state index contributed by atoms with van der Waals surface area (Å²) in [5, 5.41) is 1.28. The summed E-state index contributed by atoms with van der Waals surface area (Å²) in [7, 11) is 0. The van der Waals surface area contributed by atoms with Crippen LogP contribution in [0.3, 0.4) is 0 Å². The molecule has 136 valence electrons. The monoisotopic (exact) mass is 380 g/mol. The summed E-state index contributed by atoms with van der Waals surface area (Å²) < 4.78 is 5.08. The van der Waals surface area contributed by atoms with Crippen LogP contribution >= 0.6 is 23.1 Å². The third-order valence-corrected chi connectivity index (χ3v) is 7.27. The summed E-state index contributed by atoms with van der Waals surface area (Å²) in [4.78, 5) is 33.3. The van der Waals surface area contributed by atoms with Crippen molar-refractivity contribution in [2.75, 3.05) is 6.61 Å². The number of carbonyl (C=O) groups is 1. The zero-order valence-electron chi connectivity index (χ0n) is 14.9. The fourth-order valence-corrected chi connectivity index (χ4v) is 5.80. The van der Waals surface area contributed by atoms with Gasteiger partial charge in [0.05, 0.1) is 17.2 Å². The van der Waals surface area contributed by atoms with E-state index < -0.39 is 0 Å². The Kier molecular flexibility index (Phi) is 5.84. The molecule has 0 radical (unpaired) electrons. The van der Waals surface area contributed by atoms with Gasteiger partial charge in [-0.3, -0.25) is 4.79 Å². The Morgan fingerprint density at radius 1 is 1.40 bits per heavy atom. The molecule has 1 saturated carbocycles. The number of hydrogen-bond donors (Lipinski definition) is 1. The zero-order chi connectivity index (χ0) is 18.0. The van der Waals surface area contributed by atoms with Crippen LogP contribution in [0.2, 0.25) is 0 Å². The van der Waals surface area contributed by atoms with E-state index in [1.807, 2.05) is 11.8 Å². The second-order valence-electron chi connectivity index (χ2n) is 6.45. The maximum absolute atomic E-state index is 12.6. The lowest BCUT2D eigenvalue weighted by molar-refractivity contribution is 0.0531. The van der Waals surface area contributed by atoms with Crippen LogP contribution in [-0.4, -0.2) is 27.8 Å². The number of aromatic nitrogens is 2. The fourth-order valence-electron chi connectivity index (χ4n) is 3.30. The lowest BCUT2D eigenvalue weighted by Crippen LogP contribution is -2.15. The van der Waals surface area contributed by atoms with E-state index in [1.165, 1.54) is 43.4 Å². The number of fused-ring (bicyclic) bond motifs is 1. The highest BCUT2D eigenvalue weighted by atomic mass is 32.2. The SMILES string of the molecule is CCOC(=O)c1sc2nc([C@H](C)SC3CCCCC3)[nH]c(=O)c2c1C. The van der Waals surface area contributed by atoms with Gasteiger partial charge < -0.3 is 9.72 Å². The van der Waals surface area contributed by atoms with Gasteiger partial charge in [0.25, 0.3) is 5.56 Å². The summed E-state index contributed by atoms with van der Waals surface area (Å²) in [5.74, 6) is 0.318. The Morgan fingerprint density at radius 2 is 2.12 bits per heavy atom. The van der Waals surface area contributed by atoms with Crippen molar-refractivity contribution in [1.29, 1.82) is 0 Å². The van der Waals surface area contributed by atoms with Gasteiger partial charge >= 0.3 is 5.97 Å². The molecule has 0 aromatic carbocycles. The standard InChI is InChI=1S/C18H24N2O3S2/c1-4-23-18(22)14-10(2)13-16(21)19-15(20-17(13)25-14)11(3)24-12-8-6-5-7-9-12/h11-12H,4-9H2,1-3H3,(H,19,20,21)/t11-/m0/s1. The van der Waals surface area contributed by atoms with Crippen molar-refractivity contribution in [2.24, 2.45) is 0 Å². The number of H-pyrrole nitrogens is 1. The number of rotatable bonds is 5. The van der Waals surface area contributed by atoms with Crippen LogP contribution in [0.4, 0.5) is 0 Å². The van der Waals surface area contributed by atoms with E-state index in [2.05, 4.69) is 16.9 Å². The highest BCUT2D eigenvalue weighted by Gasteiger charge is 2.23. The van der Waals surface area contributed by atoms with Gasteiger partial charge in [0, 0.05) is 5.25 Å². The Morgan fingerprint density at radius 3 is 2.80 bits per heavy atom. The average molecular weight is 381 g/mol. The molecule has 1 aliphatic carbocycles. The molecule has 0 saturated heterocycles. The molecule has 0 aliphatic heterocycles. The molecule has 0 unspecified atom stereocenters. The van der Waals surface area contributed by atoms with Gasteiger partial charge in [0.1, 0.15) is 15.5 Å². The number of aryl methyl sites for hydroxylation is 1. The smallest absolute Gasteiger partial charge is 0.348 e. The molecule has 1 aliphatic rings. The van der Waals surface area contributed by atoms with Gasteiger partial charge in [-0.2, -0.15) is 0 Å². The van der Waals surface area contributed by atoms with E-state index in [1.54, 1.807) is 13.8 Å². The predicted octanol–water partition coefficient (Wildman–Crippen LogP) is 4.60. The predicted molar refractivity (Wildman–Crippen MR) is 104 cm³/mol. The van der Waals surface area contributed by atoms with Gasteiger partial charge in [-0.1, -0.05) is 19.3 Å². The first-order valence-corrected chi connectivity index (χ1v) is 10.6. The minimum atomic E-state index is -0.381. The minimum absolute atomic E-state index is 0.133. The summed E-state index contributed by atoms with van der Waals surface area (Å²) in [5.41, 5.74) is 0.492. The van der Waals surface area contributed by atoms with Crippen molar-refractivity contribution in [1.82, 2.24) is 9.97 Å². The third kappa shape index (κ3) is 3.92. The van der Waals surface area contributed by atoms with Crippen LogP contribution in [0.25, 0.3) is 10.2 Å². The molecule has 0 spiro atoms. The van der Waals surface area contributed by atoms with Crippen molar-refractivity contribution in [3.63, 3.8) is 0 Å². The van der Waals surface area contributed by atoms with E-state index in [4.69, 9.17) is 4.74 Å². The molecule has 2 aromatic heterocycles. The van der Waals surface area contributed by atoms with Crippen LogP contribution in [0.5, 0.6) is 0 Å². The van der Waals surface area contributed by atoms with Gasteiger partial charge in [-0.15, -0.1) is 23.1 Å². The molecule has 2 heterocycles. The summed E-state index contributed by atoms with van der Waals surface area (Å²) >= 11 is 3.15. The van der Waals surface area contributed by atoms with Crippen molar-refractivity contribution in [3.05, 3.63) is 26.6 Å². The number of aromatic amines is 1. The van der Waals surface area contributed by atoms with E-state index in [9.17, 15) is 9.59 Å². The quantitative estimate of drug-likeness (QED) is 0.768. The highest BCUT2D eigenvalue weighted by molar-refractivity contribution is 8.00. The Hall–Kier alpha value is -1.34. The number of thioether (sulfide) groups is 1. The number of hydrogen-bond acceptors (Lipinski definition) is 6. The summed E-state index contributed by atoms with van der Waals surface area (Å²) in [6.07, 6.45) is 6.40. The van der Waals surface area contributed by atoms with Gasteiger partial charge in [0.15, 0.2) is 0 Å². The molecule has 0 amide bonds. The first kappa shape index (κ1) is 18.5. The molecule has 2 aromatic rings. The first-order valence-electron chi connectivity index (χ1n) is 8.87. The molecule has 5 nitrogen and oxygen atoms in total. The number of nitrogens with zero attached hydrogens (tertiary/aromatic N) is 1. The van der Waals surface area contributed by atoms with E-state index in [0.717, 1.165) is 0 Å².